The standard InChI is InChI=1S/C38H59N3O5S/c1-10-26(5)35(40(7)38(44)30(11-2)25(3)4)33(45-8)24-34(43)41-20-15-18-31(41)36(46-9)27(6)32(42)23-29(37-39-19-21-47-37)22-28-16-13-12-14-17-28/h12-14,16-17,19,21,25-27,29-31,33,35-36H,10-11,15,18,20,22-24H2,1-9H3/t26-,27-,29+,30-,31-,33+,35-,36+/m0/s1. The molecule has 2 aromatic rings. The van der Waals surface area contributed by atoms with Gasteiger partial charge in [0.25, 0.3) is 0 Å². The first-order valence-corrected chi connectivity index (χ1v) is 18.4. The normalized spacial score (nSPS) is 19.5. The number of likely N-dealkylation sites (tertiary alicyclic amines) is 1. The Hall–Kier alpha value is -2.62. The summed E-state index contributed by atoms with van der Waals surface area (Å²) in [6.07, 6.45) is 5.45. The maximum atomic E-state index is 14.1. The molecule has 3 rings (SSSR count). The van der Waals surface area contributed by atoms with Crippen LogP contribution in [0.1, 0.15) is 96.6 Å². The van der Waals surface area contributed by atoms with Crippen molar-refractivity contribution in [3.8, 4) is 0 Å². The highest BCUT2D eigenvalue weighted by molar-refractivity contribution is 7.09. The van der Waals surface area contributed by atoms with Crippen molar-refractivity contribution in [2.24, 2.45) is 23.7 Å². The lowest BCUT2D eigenvalue weighted by Crippen LogP contribution is -2.54. The van der Waals surface area contributed by atoms with Crippen molar-refractivity contribution < 1.29 is 23.9 Å². The van der Waals surface area contributed by atoms with E-state index in [0.29, 0.717) is 13.0 Å². The van der Waals surface area contributed by atoms with Gasteiger partial charge in [-0.05, 0) is 43.1 Å². The molecule has 47 heavy (non-hydrogen) atoms. The lowest BCUT2D eigenvalue weighted by atomic mass is 9.85. The van der Waals surface area contributed by atoms with Crippen LogP contribution in [0.2, 0.25) is 0 Å². The summed E-state index contributed by atoms with van der Waals surface area (Å²) >= 11 is 1.59. The van der Waals surface area contributed by atoms with E-state index in [4.69, 9.17) is 9.47 Å². The number of Topliss-reactive ketones (excluding diaryl/α,β-unsaturated/α-hetero) is 1. The molecule has 1 aromatic heterocycles. The largest absolute Gasteiger partial charge is 0.379 e. The summed E-state index contributed by atoms with van der Waals surface area (Å²) in [6.45, 7) is 13.0. The van der Waals surface area contributed by atoms with E-state index in [9.17, 15) is 14.4 Å². The number of carbonyl (C=O) groups excluding carboxylic acids is 3. The summed E-state index contributed by atoms with van der Waals surface area (Å²) in [5.74, 6) is 0.0921. The number of nitrogens with zero attached hydrogens (tertiary/aromatic N) is 3. The molecule has 0 saturated carbocycles. The molecule has 0 bridgehead atoms. The zero-order valence-corrected chi connectivity index (χ0v) is 31.0. The molecular weight excluding hydrogens is 611 g/mol. The van der Waals surface area contributed by atoms with Gasteiger partial charge in [-0.25, -0.2) is 4.98 Å². The first-order chi connectivity index (χ1) is 22.5. The van der Waals surface area contributed by atoms with Crippen LogP contribution in [-0.2, 0) is 30.3 Å². The summed E-state index contributed by atoms with van der Waals surface area (Å²) in [5.41, 5.74) is 1.18. The number of rotatable bonds is 19. The summed E-state index contributed by atoms with van der Waals surface area (Å²) in [7, 11) is 5.15. The highest BCUT2D eigenvalue weighted by Gasteiger charge is 2.42. The first-order valence-electron chi connectivity index (χ1n) is 17.6. The molecule has 1 aromatic carbocycles. The highest BCUT2D eigenvalue weighted by atomic mass is 32.1. The van der Waals surface area contributed by atoms with Gasteiger partial charge in [0.2, 0.25) is 11.8 Å². The minimum absolute atomic E-state index is 0.0177. The Bertz CT molecular complexity index is 1240. The van der Waals surface area contributed by atoms with Crippen LogP contribution in [0.25, 0.3) is 0 Å². The first kappa shape index (κ1) is 38.8. The van der Waals surface area contributed by atoms with Crippen LogP contribution >= 0.6 is 11.3 Å². The Morgan fingerprint density at radius 2 is 1.72 bits per heavy atom. The average molecular weight is 670 g/mol. The summed E-state index contributed by atoms with van der Waals surface area (Å²) in [5, 5.41) is 2.92. The van der Waals surface area contributed by atoms with Gasteiger partial charge < -0.3 is 19.3 Å². The number of amides is 2. The van der Waals surface area contributed by atoms with Crippen molar-refractivity contribution >= 4 is 28.9 Å². The van der Waals surface area contributed by atoms with Gasteiger partial charge in [0, 0.05) is 63.6 Å². The number of likely N-dealkylation sites (N-methyl/N-ethyl adjacent to an activating group) is 1. The smallest absolute Gasteiger partial charge is 0.226 e. The number of ketones is 1. The molecule has 1 aliphatic rings. The fraction of sp³-hybridized carbons (Fsp3) is 0.684. The SMILES string of the molecule is CC[C@H](C(=O)N(C)[C@@H]([C@@H](C)CC)[C@@H](CC(=O)N1CCC[C@H]1[C@H](OC)[C@@H](C)C(=O)C[C@@H](Cc1ccccc1)c1nccs1)OC)C(C)C. The van der Waals surface area contributed by atoms with Gasteiger partial charge in [-0.15, -0.1) is 11.3 Å². The van der Waals surface area contributed by atoms with Crippen LogP contribution < -0.4 is 0 Å². The number of carbonyl (C=O) groups is 3. The van der Waals surface area contributed by atoms with Crippen LogP contribution in [-0.4, -0.2) is 84.5 Å². The molecule has 0 N–H and O–H groups in total. The fourth-order valence-electron chi connectivity index (χ4n) is 7.54. The quantitative estimate of drug-likeness (QED) is 0.160. The maximum absolute atomic E-state index is 14.1. The highest BCUT2D eigenvalue weighted by Crippen LogP contribution is 2.33. The predicted molar refractivity (Wildman–Crippen MR) is 189 cm³/mol. The molecule has 9 heteroatoms. The molecule has 0 radical (unpaired) electrons. The molecule has 8 atom stereocenters. The second kappa shape index (κ2) is 18.8. The molecular formula is C38H59N3O5S. The Morgan fingerprint density at radius 3 is 2.28 bits per heavy atom. The van der Waals surface area contributed by atoms with Crippen LogP contribution in [0.15, 0.2) is 41.9 Å². The number of aromatic nitrogens is 1. The van der Waals surface area contributed by atoms with E-state index in [2.05, 4.69) is 51.7 Å². The van der Waals surface area contributed by atoms with Crippen LogP contribution in [0, 0.1) is 23.7 Å². The second-order valence-electron chi connectivity index (χ2n) is 13.8. The molecule has 0 aliphatic carbocycles. The Kier molecular flexibility index (Phi) is 15.5. The van der Waals surface area contributed by atoms with Gasteiger partial charge in [-0.2, -0.15) is 0 Å². The fourth-order valence-corrected chi connectivity index (χ4v) is 8.29. The zero-order valence-electron chi connectivity index (χ0n) is 30.2. The van der Waals surface area contributed by atoms with E-state index in [0.717, 1.165) is 37.1 Å². The number of thiazole rings is 1. The molecule has 2 heterocycles. The van der Waals surface area contributed by atoms with Crippen molar-refractivity contribution in [2.75, 3.05) is 27.8 Å². The minimum Gasteiger partial charge on any atom is -0.379 e. The van der Waals surface area contributed by atoms with E-state index in [-0.39, 0.29) is 59.8 Å². The second-order valence-corrected chi connectivity index (χ2v) is 14.7. The van der Waals surface area contributed by atoms with Crippen LogP contribution in [0.4, 0.5) is 0 Å². The lowest BCUT2D eigenvalue weighted by molar-refractivity contribution is -0.148. The van der Waals surface area contributed by atoms with Gasteiger partial charge in [-0.1, -0.05) is 78.3 Å². The van der Waals surface area contributed by atoms with Crippen molar-refractivity contribution in [1.29, 1.82) is 0 Å². The van der Waals surface area contributed by atoms with Crippen LogP contribution in [0.3, 0.4) is 0 Å². The third-order valence-electron chi connectivity index (χ3n) is 10.5. The number of ether oxygens (including phenoxy) is 2. The van der Waals surface area contributed by atoms with Crippen molar-refractivity contribution in [3.63, 3.8) is 0 Å². The molecule has 1 aliphatic heterocycles. The third kappa shape index (κ3) is 9.96. The van der Waals surface area contributed by atoms with E-state index >= 15 is 0 Å². The molecule has 1 fully saturated rings. The van der Waals surface area contributed by atoms with Gasteiger partial charge >= 0.3 is 0 Å². The van der Waals surface area contributed by atoms with Gasteiger partial charge in [-0.3, -0.25) is 14.4 Å². The monoisotopic (exact) mass is 669 g/mol. The van der Waals surface area contributed by atoms with Crippen molar-refractivity contribution in [3.05, 3.63) is 52.5 Å². The minimum atomic E-state index is -0.450. The average Bonchev–Trinajstić information content (AvgIpc) is 3.78. The summed E-state index contributed by atoms with van der Waals surface area (Å²) in [4.78, 5) is 49.9. The molecule has 0 unspecified atom stereocenters. The molecule has 1 saturated heterocycles. The Labute approximate surface area is 287 Å². The van der Waals surface area contributed by atoms with Gasteiger partial charge in [0.05, 0.1) is 35.7 Å². The third-order valence-corrected chi connectivity index (χ3v) is 11.4. The predicted octanol–water partition coefficient (Wildman–Crippen LogP) is 7.03. The Morgan fingerprint density at radius 1 is 1.02 bits per heavy atom. The van der Waals surface area contributed by atoms with E-state index < -0.39 is 18.1 Å². The lowest BCUT2D eigenvalue weighted by Gasteiger charge is -2.40. The summed E-state index contributed by atoms with van der Waals surface area (Å²) in [6, 6.07) is 9.78. The zero-order chi connectivity index (χ0) is 34.7. The molecule has 0 spiro atoms. The van der Waals surface area contributed by atoms with Crippen molar-refractivity contribution in [1.82, 2.24) is 14.8 Å². The molecule has 262 valence electrons. The van der Waals surface area contributed by atoms with E-state index in [1.54, 1.807) is 31.8 Å². The maximum Gasteiger partial charge on any atom is 0.226 e. The Balaban J connectivity index is 1.76. The number of hydrogen-bond donors (Lipinski definition) is 0. The van der Waals surface area contributed by atoms with E-state index in [1.165, 1.54) is 5.56 Å². The summed E-state index contributed by atoms with van der Waals surface area (Å²) < 4.78 is 12.1. The number of methoxy groups -OCH3 is 2. The number of benzene rings is 1. The van der Waals surface area contributed by atoms with Crippen LogP contribution in [0.5, 0.6) is 0 Å². The topological polar surface area (TPSA) is 89.0 Å². The van der Waals surface area contributed by atoms with Crippen molar-refractivity contribution in [2.45, 2.75) is 117 Å². The molecule has 2 amide bonds. The van der Waals surface area contributed by atoms with E-state index in [1.807, 2.05) is 47.4 Å². The van der Waals surface area contributed by atoms with Gasteiger partial charge in [0.1, 0.15) is 5.78 Å². The van der Waals surface area contributed by atoms with Gasteiger partial charge in [0.15, 0.2) is 0 Å². The number of hydrogen-bond acceptors (Lipinski definition) is 7. The molecule has 8 nitrogen and oxygen atoms in total.